The molecule has 22 heavy (non-hydrogen) atoms. The second kappa shape index (κ2) is 6.89. The van der Waals surface area contributed by atoms with E-state index in [2.05, 4.69) is 17.4 Å². The van der Waals surface area contributed by atoms with Gasteiger partial charge in [0.25, 0.3) is 5.91 Å². The number of amides is 3. The van der Waals surface area contributed by atoms with E-state index in [9.17, 15) is 14.4 Å². The first-order chi connectivity index (χ1) is 10.5. The zero-order valence-corrected chi connectivity index (χ0v) is 12.5. The van der Waals surface area contributed by atoms with E-state index in [4.69, 9.17) is 0 Å². The van der Waals surface area contributed by atoms with Gasteiger partial charge in [-0.1, -0.05) is 24.3 Å². The molecule has 0 spiro atoms. The second-order valence-corrected chi connectivity index (χ2v) is 5.39. The zero-order valence-electron chi connectivity index (χ0n) is 12.5. The van der Waals surface area contributed by atoms with Crippen LogP contribution in [-0.2, 0) is 9.59 Å². The molecule has 1 aliphatic heterocycles. The smallest absolute Gasteiger partial charge is 0.269 e. The molecular formula is C16H19N3O3. The minimum atomic E-state index is -0.356. The summed E-state index contributed by atoms with van der Waals surface area (Å²) in [6.07, 6.45) is 1.53. The highest BCUT2D eigenvalue weighted by molar-refractivity contribution is 5.95. The molecule has 1 aromatic rings. The first kappa shape index (κ1) is 15.8. The molecule has 0 saturated carbocycles. The van der Waals surface area contributed by atoms with Crippen LogP contribution in [0.2, 0.25) is 0 Å². The maximum Gasteiger partial charge on any atom is 0.269 e. The third-order valence-electron chi connectivity index (χ3n) is 3.55. The van der Waals surface area contributed by atoms with Gasteiger partial charge in [0.05, 0.1) is 0 Å². The minimum Gasteiger partial charge on any atom is -0.338 e. The van der Waals surface area contributed by atoms with E-state index in [0.29, 0.717) is 18.7 Å². The van der Waals surface area contributed by atoms with Crippen molar-refractivity contribution in [1.29, 1.82) is 0 Å². The Balaban J connectivity index is 1.70. The quantitative estimate of drug-likeness (QED) is 0.637. The molecule has 6 nitrogen and oxygen atoms in total. The Kier molecular flexibility index (Phi) is 4.93. The molecular weight excluding hydrogens is 282 g/mol. The van der Waals surface area contributed by atoms with Crippen LogP contribution in [0.3, 0.4) is 0 Å². The molecule has 0 bridgehead atoms. The Morgan fingerprint density at radius 3 is 2.45 bits per heavy atom. The van der Waals surface area contributed by atoms with Gasteiger partial charge in [0.1, 0.15) is 0 Å². The lowest BCUT2D eigenvalue weighted by atomic mass is 9.96. The Hall–Kier alpha value is -2.63. The molecule has 1 aromatic carbocycles. The van der Waals surface area contributed by atoms with Crippen LogP contribution in [0.25, 0.3) is 0 Å². The molecule has 1 fully saturated rings. The molecule has 2 rings (SSSR count). The van der Waals surface area contributed by atoms with Gasteiger partial charge in [0.15, 0.2) is 0 Å². The number of rotatable bonds is 4. The Bertz CT molecular complexity index is 589. The zero-order chi connectivity index (χ0) is 16.1. The van der Waals surface area contributed by atoms with Crippen molar-refractivity contribution in [3.63, 3.8) is 0 Å². The molecule has 2 N–H and O–H groups in total. The van der Waals surface area contributed by atoms with Gasteiger partial charge in [-0.05, 0) is 25.1 Å². The SMILES string of the molecule is C=CC(=O)N1CC(CC(=O)NNC(=O)c2ccc(C)cc2)C1. The lowest BCUT2D eigenvalue weighted by Gasteiger charge is -2.38. The Morgan fingerprint density at radius 2 is 1.86 bits per heavy atom. The van der Waals surface area contributed by atoms with Gasteiger partial charge in [-0.3, -0.25) is 25.2 Å². The fraction of sp³-hybridized carbons (Fsp3) is 0.312. The van der Waals surface area contributed by atoms with Crippen LogP contribution in [0.1, 0.15) is 22.3 Å². The molecule has 3 amide bonds. The molecule has 1 aliphatic rings. The van der Waals surface area contributed by atoms with E-state index in [1.165, 1.54) is 6.08 Å². The minimum absolute atomic E-state index is 0.121. The van der Waals surface area contributed by atoms with Gasteiger partial charge >= 0.3 is 0 Å². The molecule has 0 unspecified atom stereocenters. The molecule has 6 heteroatoms. The summed E-state index contributed by atoms with van der Waals surface area (Å²) in [7, 11) is 0. The van der Waals surface area contributed by atoms with Crippen molar-refractivity contribution in [2.75, 3.05) is 13.1 Å². The predicted molar refractivity (Wildman–Crippen MR) is 81.7 cm³/mol. The van der Waals surface area contributed by atoms with Crippen molar-refractivity contribution >= 4 is 17.7 Å². The summed E-state index contributed by atoms with van der Waals surface area (Å²) in [6.45, 7) is 6.44. The lowest BCUT2D eigenvalue weighted by molar-refractivity contribution is -0.135. The standard InChI is InChI=1S/C16H19N3O3/c1-3-15(21)19-9-12(10-19)8-14(20)17-18-16(22)13-6-4-11(2)5-7-13/h3-7,12H,1,8-10H2,2H3,(H,17,20)(H,18,22). The summed E-state index contributed by atoms with van der Waals surface area (Å²) in [6, 6.07) is 7.05. The number of hydrogen-bond acceptors (Lipinski definition) is 3. The highest BCUT2D eigenvalue weighted by atomic mass is 16.2. The third kappa shape index (κ3) is 3.94. The van der Waals surface area contributed by atoms with E-state index < -0.39 is 0 Å². The van der Waals surface area contributed by atoms with Gasteiger partial charge in [-0.15, -0.1) is 0 Å². The van der Waals surface area contributed by atoms with Gasteiger partial charge in [-0.2, -0.15) is 0 Å². The third-order valence-corrected chi connectivity index (χ3v) is 3.55. The van der Waals surface area contributed by atoms with Crippen LogP contribution in [0.5, 0.6) is 0 Å². The normalized spacial score (nSPS) is 14.0. The maximum atomic E-state index is 11.8. The first-order valence-electron chi connectivity index (χ1n) is 7.07. The van der Waals surface area contributed by atoms with Gasteiger partial charge in [-0.25, -0.2) is 0 Å². The number of hydrogen-bond donors (Lipinski definition) is 2. The fourth-order valence-electron chi connectivity index (χ4n) is 2.22. The van der Waals surface area contributed by atoms with Gasteiger partial charge in [0.2, 0.25) is 11.8 Å². The van der Waals surface area contributed by atoms with Crippen LogP contribution in [0, 0.1) is 12.8 Å². The average Bonchev–Trinajstić information content (AvgIpc) is 2.48. The van der Waals surface area contributed by atoms with Crippen LogP contribution < -0.4 is 10.9 Å². The number of carbonyl (C=O) groups excluding carboxylic acids is 3. The summed E-state index contributed by atoms with van der Waals surface area (Å²) >= 11 is 0. The fourth-order valence-corrected chi connectivity index (χ4v) is 2.22. The van der Waals surface area contributed by atoms with E-state index in [-0.39, 0.29) is 30.1 Å². The molecule has 1 saturated heterocycles. The first-order valence-corrected chi connectivity index (χ1v) is 7.07. The second-order valence-electron chi connectivity index (χ2n) is 5.39. The average molecular weight is 301 g/mol. The molecule has 0 atom stereocenters. The summed E-state index contributed by atoms with van der Waals surface area (Å²) in [5.41, 5.74) is 6.32. The summed E-state index contributed by atoms with van der Waals surface area (Å²) < 4.78 is 0. The van der Waals surface area contributed by atoms with Crippen molar-refractivity contribution in [2.45, 2.75) is 13.3 Å². The number of benzene rings is 1. The summed E-state index contributed by atoms with van der Waals surface area (Å²) in [5.74, 6) is -0.619. The van der Waals surface area contributed by atoms with Crippen molar-refractivity contribution in [1.82, 2.24) is 15.8 Å². The number of carbonyl (C=O) groups is 3. The summed E-state index contributed by atoms with van der Waals surface area (Å²) in [5, 5.41) is 0. The van der Waals surface area contributed by atoms with E-state index >= 15 is 0 Å². The number of nitrogens with zero attached hydrogens (tertiary/aromatic N) is 1. The predicted octanol–water partition coefficient (Wildman–Crippen LogP) is 0.791. The van der Waals surface area contributed by atoms with Crippen molar-refractivity contribution in [2.24, 2.45) is 5.92 Å². The molecule has 0 aromatic heterocycles. The van der Waals surface area contributed by atoms with Gasteiger partial charge in [0, 0.05) is 31.0 Å². The number of nitrogens with one attached hydrogen (secondary N) is 2. The van der Waals surface area contributed by atoms with Crippen LogP contribution in [-0.4, -0.2) is 35.7 Å². The van der Waals surface area contributed by atoms with Crippen molar-refractivity contribution in [3.8, 4) is 0 Å². The molecule has 116 valence electrons. The van der Waals surface area contributed by atoms with Gasteiger partial charge < -0.3 is 4.90 Å². The largest absolute Gasteiger partial charge is 0.338 e. The highest BCUT2D eigenvalue weighted by Crippen LogP contribution is 2.18. The topological polar surface area (TPSA) is 78.5 Å². The lowest BCUT2D eigenvalue weighted by Crippen LogP contribution is -2.52. The van der Waals surface area contributed by atoms with Crippen LogP contribution >= 0.6 is 0 Å². The molecule has 1 heterocycles. The van der Waals surface area contributed by atoms with E-state index in [1.807, 2.05) is 19.1 Å². The van der Waals surface area contributed by atoms with Crippen molar-refractivity contribution in [3.05, 3.63) is 48.0 Å². The number of hydrazine groups is 1. The maximum absolute atomic E-state index is 11.8. The van der Waals surface area contributed by atoms with E-state index in [0.717, 1.165) is 5.56 Å². The number of aryl methyl sites for hydroxylation is 1. The van der Waals surface area contributed by atoms with Crippen LogP contribution in [0.4, 0.5) is 0 Å². The monoisotopic (exact) mass is 301 g/mol. The number of likely N-dealkylation sites (tertiary alicyclic amines) is 1. The Labute approximate surface area is 129 Å². The Morgan fingerprint density at radius 1 is 1.23 bits per heavy atom. The molecule has 0 aliphatic carbocycles. The van der Waals surface area contributed by atoms with Crippen molar-refractivity contribution < 1.29 is 14.4 Å². The summed E-state index contributed by atoms with van der Waals surface area (Å²) in [4.78, 5) is 36.4. The molecule has 0 radical (unpaired) electrons. The van der Waals surface area contributed by atoms with Crippen LogP contribution in [0.15, 0.2) is 36.9 Å². The van der Waals surface area contributed by atoms with E-state index in [1.54, 1.807) is 17.0 Å². The highest BCUT2D eigenvalue weighted by Gasteiger charge is 2.30.